The topological polar surface area (TPSA) is 112 Å². The molecule has 0 aliphatic carbocycles. The average Bonchev–Trinajstić information content (AvgIpc) is 3.03. The highest BCUT2D eigenvalue weighted by Crippen LogP contribution is 2.35. The Labute approximate surface area is 255 Å². The van der Waals surface area contributed by atoms with Gasteiger partial charge in [0.25, 0.3) is 0 Å². The van der Waals surface area contributed by atoms with E-state index in [0.717, 1.165) is 16.7 Å². The van der Waals surface area contributed by atoms with Crippen molar-refractivity contribution in [1.29, 1.82) is 0 Å². The molecule has 10 heteroatoms. The van der Waals surface area contributed by atoms with Crippen molar-refractivity contribution in [3.05, 3.63) is 126 Å². The minimum absolute atomic E-state index is 0.00592. The first-order valence-electron chi connectivity index (χ1n) is 14.2. The summed E-state index contributed by atoms with van der Waals surface area (Å²) in [5, 5.41) is 14.6. The molecule has 0 saturated carbocycles. The van der Waals surface area contributed by atoms with Crippen molar-refractivity contribution in [3.63, 3.8) is 0 Å². The summed E-state index contributed by atoms with van der Waals surface area (Å²) in [6, 6.07) is 27.7. The van der Waals surface area contributed by atoms with Crippen LogP contribution in [-0.2, 0) is 19.6 Å². The fourth-order valence-electron chi connectivity index (χ4n) is 4.75. The molecule has 224 valence electrons. The number of aromatic nitrogens is 3. The van der Waals surface area contributed by atoms with E-state index in [1.165, 1.54) is 6.07 Å². The molecule has 1 amide bonds. The van der Waals surface area contributed by atoms with E-state index in [1.807, 2.05) is 79.5 Å². The van der Waals surface area contributed by atoms with E-state index >= 15 is 0 Å². The van der Waals surface area contributed by atoms with Crippen LogP contribution in [0.3, 0.4) is 0 Å². The van der Waals surface area contributed by atoms with Gasteiger partial charge in [0, 0.05) is 37.0 Å². The fourth-order valence-corrected chi connectivity index (χ4v) is 4.75. The van der Waals surface area contributed by atoms with Crippen LogP contribution in [0.1, 0.15) is 23.6 Å². The molecule has 0 aliphatic heterocycles. The van der Waals surface area contributed by atoms with Gasteiger partial charge in [0.05, 0.1) is 11.9 Å². The molecule has 0 radical (unpaired) electrons. The molecule has 0 bridgehead atoms. The number of nitrogens with zero attached hydrogens (tertiary/aromatic N) is 4. The lowest BCUT2D eigenvalue weighted by atomic mass is 10.0. The van der Waals surface area contributed by atoms with E-state index < -0.39 is 6.09 Å². The predicted octanol–water partition coefficient (Wildman–Crippen LogP) is 6.84. The van der Waals surface area contributed by atoms with Gasteiger partial charge in [-0.15, -0.1) is 0 Å². The second kappa shape index (κ2) is 14.1. The van der Waals surface area contributed by atoms with Gasteiger partial charge in [-0.05, 0) is 48.2 Å². The first-order valence-corrected chi connectivity index (χ1v) is 14.2. The zero-order chi connectivity index (χ0) is 30.9. The maximum absolute atomic E-state index is 14.9. The molecule has 0 unspecified atom stereocenters. The lowest BCUT2D eigenvalue weighted by molar-refractivity contribution is 0.194. The van der Waals surface area contributed by atoms with Crippen LogP contribution in [0, 0.1) is 5.82 Å². The van der Waals surface area contributed by atoms with Gasteiger partial charge in [0.2, 0.25) is 11.8 Å². The third-order valence-corrected chi connectivity index (χ3v) is 6.94. The first kappa shape index (κ1) is 30.0. The molecule has 2 aromatic heterocycles. The van der Waals surface area contributed by atoms with E-state index in [0.29, 0.717) is 47.5 Å². The van der Waals surface area contributed by atoms with Crippen LogP contribution >= 0.6 is 0 Å². The number of carboxylic acid groups (broad SMARTS) is 1. The number of halogens is 1. The molecular weight excluding hydrogens is 559 g/mol. The zero-order valence-electron chi connectivity index (χ0n) is 24.4. The van der Waals surface area contributed by atoms with E-state index in [1.54, 1.807) is 36.7 Å². The Kier molecular flexibility index (Phi) is 9.61. The summed E-state index contributed by atoms with van der Waals surface area (Å²) in [6.45, 7) is 2.57. The van der Waals surface area contributed by atoms with Crippen LogP contribution in [0.2, 0.25) is 0 Å². The van der Waals surface area contributed by atoms with Crippen molar-refractivity contribution in [2.24, 2.45) is 0 Å². The molecule has 2 heterocycles. The summed E-state index contributed by atoms with van der Waals surface area (Å²) in [5.41, 5.74) is 4.54. The van der Waals surface area contributed by atoms with Crippen molar-refractivity contribution in [3.8, 4) is 17.0 Å². The molecule has 3 N–H and O–H groups in total. The maximum atomic E-state index is 14.9. The van der Waals surface area contributed by atoms with Gasteiger partial charge in [0.1, 0.15) is 18.2 Å². The Hall–Kier alpha value is -5.51. The molecule has 0 fully saturated rings. The van der Waals surface area contributed by atoms with Crippen LogP contribution < -0.4 is 20.3 Å². The Balaban J connectivity index is 1.32. The summed E-state index contributed by atoms with van der Waals surface area (Å²) in [5.74, 6) is 1.04. The van der Waals surface area contributed by atoms with Gasteiger partial charge in [-0.3, -0.25) is 0 Å². The average molecular weight is 593 g/mol. The van der Waals surface area contributed by atoms with Crippen molar-refractivity contribution in [2.45, 2.75) is 32.5 Å². The van der Waals surface area contributed by atoms with Gasteiger partial charge in [-0.2, -0.15) is 4.98 Å². The number of pyridine rings is 1. The number of carbonyl (C=O) groups is 1. The smallest absolute Gasteiger partial charge is 0.404 e. The minimum Gasteiger partial charge on any atom is -0.472 e. The highest BCUT2D eigenvalue weighted by molar-refractivity contribution is 5.74. The number of rotatable bonds is 12. The normalized spacial score (nSPS) is 11.4. The summed E-state index contributed by atoms with van der Waals surface area (Å²) in [4.78, 5) is 26.4. The molecule has 0 saturated heterocycles. The van der Waals surface area contributed by atoms with Crippen molar-refractivity contribution < 1.29 is 19.0 Å². The largest absolute Gasteiger partial charge is 0.472 e. The molecular formula is C34H33FN6O3. The van der Waals surface area contributed by atoms with E-state index in [4.69, 9.17) is 14.8 Å². The molecule has 5 rings (SSSR count). The van der Waals surface area contributed by atoms with Crippen molar-refractivity contribution >= 4 is 23.5 Å². The second-order valence-corrected chi connectivity index (χ2v) is 10.3. The first-order chi connectivity index (χ1) is 21.4. The fraction of sp³-hybridized carbons (Fsp3) is 0.176. The van der Waals surface area contributed by atoms with E-state index in [9.17, 15) is 9.18 Å². The van der Waals surface area contributed by atoms with Crippen LogP contribution in [0.5, 0.6) is 5.88 Å². The third-order valence-electron chi connectivity index (χ3n) is 6.94. The molecule has 0 spiro atoms. The molecule has 44 heavy (non-hydrogen) atoms. The van der Waals surface area contributed by atoms with Crippen molar-refractivity contribution in [1.82, 2.24) is 20.3 Å². The Morgan fingerprint density at radius 3 is 2.48 bits per heavy atom. The summed E-state index contributed by atoms with van der Waals surface area (Å²) in [7, 11) is 1.86. The third kappa shape index (κ3) is 7.86. The zero-order valence-corrected chi connectivity index (χ0v) is 24.4. The Bertz CT molecular complexity index is 1720. The van der Waals surface area contributed by atoms with Gasteiger partial charge >= 0.3 is 6.09 Å². The molecule has 0 aliphatic rings. The van der Waals surface area contributed by atoms with Gasteiger partial charge in [-0.1, -0.05) is 72.8 Å². The standard InChI is InChI=1S/C34H33FN6O3/c1-23(17-25-11-8-12-26(18-25)20-38-34(42)43)39-33-36-16-15-31(40-33)41(2)27-19-29(28-13-6-7-14-30(28)35)32(37-21-27)44-22-24-9-4-3-5-10-24/h3-16,18-19,21,23,38H,17,20,22H2,1-2H3,(H,42,43)(H,36,39,40)/t23-/m0/s1. The van der Waals surface area contributed by atoms with Crippen LogP contribution in [0.25, 0.3) is 11.1 Å². The summed E-state index contributed by atoms with van der Waals surface area (Å²) >= 11 is 0. The minimum atomic E-state index is -1.06. The lowest BCUT2D eigenvalue weighted by Crippen LogP contribution is -2.22. The number of ether oxygens (including phenoxy) is 1. The van der Waals surface area contributed by atoms with Crippen LogP contribution in [0.15, 0.2) is 103 Å². The molecule has 5 aromatic rings. The number of hydrogen-bond acceptors (Lipinski definition) is 7. The SMILES string of the molecule is C[C@@H](Cc1cccc(CNC(=O)O)c1)Nc1nccc(N(C)c2cnc(OCc3ccccc3)c(-c3ccccc3F)c2)n1. The van der Waals surface area contributed by atoms with Gasteiger partial charge in [-0.25, -0.2) is 19.2 Å². The van der Waals surface area contributed by atoms with E-state index in [2.05, 4.69) is 20.6 Å². The predicted molar refractivity (Wildman–Crippen MR) is 169 cm³/mol. The number of amides is 1. The van der Waals surface area contributed by atoms with Crippen LogP contribution in [-0.4, -0.2) is 39.2 Å². The Morgan fingerprint density at radius 2 is 1.68 bits per heavy atom. The maximum Gasteiger partial charge on any atom is 0.404 e. The number of anilines is 3. The summed E-state index contributed by atoms with van der Waals surface area (Å²) < 4.78 is 21.0. The number of benzene rings is 3. The second-order valence-electron chi connectivity index (χ2n) is 10.3. The number of hydrogen-bond donors (Lipinski definition) is 3. The Morgan fingerprint density at radius 1 is 0.932 bits per heavy atom. The lowest BCUT2D eigenvalue weighted by Gasteiger charge is -2.21. The summed E-state index contributed by atoms with van der Waals surface area (Å²) in [6.07, 6.45) is 2.98. The monoisotopic (exact) mass is 592 g/mol. The molecule has 9 nitrogen and oxygen atoms in total. The highest BCUT2D eigenvalue weighted by Gasteiger charge is 2.17. The van der Waals surface area contributed by atoms with Gasteiger partial charge < -0.3 is 25.4 Å². The van der Waals surface area contributed by atoms with E-state index in [-0.39, 0.29) is 18.4 Å². The van der Waals surface area contributed by atoms with Crippen LogP contribution in [0.4, 0.5) is 26.6 Å². The van der Waals surface area contributed by atoms with Crippen molar-refractivity contribution in [2.75, 3.05) is 17.3 Å². The molecule has 3 aromatic carbocycles. The van der Waals surface area contributed by atoms with Gasteiger partial charge in [0.15, 0.2) is 0 Å². The highest BCUT2D eigenvalue weighted by atomic mass is 19.1. The molecule has 1 atom stereocenters. The number of nitrogens with one attached hydrogen (secondary N) is 2. The quantitative estimate of drug-likeness (QED) is 0.144.